The highest BCUT2D eigenvalue weighted by atomic mass is 16.5. The summed E-state index contributed by atoms with van der Waals surface area (Å²) in [5.74, 6) is 0. The number of carbonyl (C=O) groups excluding carboxylic acids is 2. The van der Waals surface area contributed by atoms with Crippen LogP contribution in [0.25, 0.3) is 0 Å². The van der Waals surface area contributed by atoms with E-state index in [1.54, 1.807) is 31.2 Å². The van der Waals surface area contributed by atoms with Gasteiger partial charge in [0.15, 0.2) is 0 Å². The Morgan fingerprint density at radius 2 is 2.13 bits per heavy atom. The van der Waals surface area contributed by atoms with Gasteiger partial charge in [0.1, 0.15) is 0 Å². The van der Waals surface area contributed by atoms with Crippen molar-refractivity contribution in [3.63, 3.8) is 0 Å². The van der Waals surface area contributed by atoms with E-state index in [2.05, 4.69) is 15.0 Å². The molecule has 0 unspecified atom stereocenters. The SMILES string of the molecule is CCOC(=O)Nc1ccc(N=C=O)cc1. The maximum absolute atomic E-state index is 11.0. The van der Waals surface area contributed by atoms with Crippen molar-refractivity contribution in [2.75, 3.05) is 11.9 Å². The number of anilines is 1. The second kappa shape index (κ2) is 5.57. The van der Waals surface area contributed by atoms with Gasteiger partial charge in [-0.2, -0.15) is 4.99 Å². The van der Waals surface area contributed by atoms with Gasteiger partial charge in [-0.05, 0) is 31.2 Å². The number of ether oxygens (including phenoxy) is 1. The third kappa shape index (κ3) is 3.62. The first-order valence-corrected chi connectivity index (χ1v) is 4.38. The van der Waals surface area contributed by atoms with E-state index in [-0.39, 0.29) is 0 Å². The Bertz CT molecular complexity index is 380. The summed E-state index contributed by atoms with van der Waals surface area (Å²) in [6.45, 7) is 2.04. The monoisotopic (exact) mass is 206 g/mol. The molecule has 1 aromatic rings. The normalized spacial score (nSPS) is 8.87. The minimum absolute atomic E-state index is 0.319. The van der Waals surface area contributed by atoms with Crippen molar-refractivity contribution in [1.29, 1.82) is 0 Å². The molecule has 0 saturated heterocycles. The molecule has 5 heteroatoms. The lowest BCUT2D eigenvalue weighted by atomic mass is 10.3. The Morgan fingerprint density at radius 1 is 1.47 bits per heavy atom. The Labute approximate surface area is 86.8 Å². The second-order valence-electron chi connectivity index (χ2n) is 2.60. The van der Waals surface area contributed by atoms with Crippen LogP contribution < -0.4 is 5.32 Å². The standard InChI is InChI=1S/C10H10N2O3/c1-2-15-10(14)12-9-5-3-8(4-6-9)11-7-13/h3-6H,2H2,1H3,(H,12,14). The summed E-state index contributed by atoms with van der Waals surface area (Å²) in [5, 5.41) is 2.51. The molecule has 1 amide bonds. The molecule has 0 radical (unpaired) electrons. The van der Waals surface area contributed by atoms with Crippen LogP contribution in [0.5, 0.6) is 0 Å². The average Bonchev–Trinajstić information content (AvgIpc) is 2.22. The van der Waals surface area contributed by atoms with Gasteiger partial charge < -0.3 is 4.74 Å². The quantitative estimate of drug-likeness (QED) is 0.609. The van der Waals surface area contributed by atoms with E-state index in [4.69, 9.17) is 0 Å². The number of isocyanates is 1. The van der Waals surface area contributed by atoms with Crippen molar-refractivity contribution >= 4 is 23.5 Å². The fourth-order valence-electron chi connectivity index (χ4n) is 0.957. The molecule has 0 aliphatic carbocycles. The van der Waals surface area contributed by atoms with Crippen LogP contribution in [0.3, 0.4) is 0 Å². The van der Waals surface area contributed by atoms with Gasteiger partial charge in [0.25, 0.3) is 0 Å². The van der Waals surface area contributed by atoms with Crippen LogP contribution in [-0.2, 0) is 9.53 Å². The van der Waals surface area contributed by atoms with Crippen LogP contribution in [0.1, 0.15) is 6.92 Å². The van der Waals surface area contributed by atoms with E-state index in [9.17, 15) is 9.59 Å². The van der Waals surface area contributed by atoms with E-state index in [1.165, 1.54) is 6.08 Å². The zero-order chi connectivity index (χ0) is 11.1. The highest BCUT2D eigenvalue weighted by Crippen LogP contribution is 2.15. The Kier molecular flexibility index (Phi) is 4.06. The van der Waals surface area contributed by atoms with Crippen molar-refractivity contribution in [1.82, 2.24) is 0 Å². The van der Waals surface area contributed by atoms with Crippen LogP contribution in [0, 0.1) is 0 Å². The predicted molar refractivity (Wildman–Crippen MR) is 54.9 cm³/mol. The number of benzene rings is 1. The topological polar surface area (TPSA) is 67.8 Å². The van der Waals surface area contributed by atoms with Crippen molar-refractivity contribution in [3.8, 4) is 0 Å². The van der Waals surface area contributed by atoms with Crippen LogP contribution in [0.15, 0.2) is 29.3 Å². The van der Waals surface area contributed by atoms with Gasteiger partial charge in [-0.3, -0.25) is 5.32 Å². The molecule has 1 rings (SSSR count). The summed E-state index contributed by atoms with van der Waals surface area (Å²) in [4.78, 5) is 24.4. The van der Waals surface area contributed by atoms with Crippen molar-refractivity contribution in [2.24, 2.45) is 4.99 Å². The molecular formula is C10H10N2O3. The maximum atomic E-state index is 11.0. The molecule has 0 aromatic heterocycles. The fraction of sp³-hybridized carbons (Fsp3) is 0.200. The van der Waals surface area contributed by atoms with Gasteiger partial charge in [-0.1, -0.05) is 0 Å². The van der Waals surface area contributed by atoms with E-state index >= 15 is 0 Å². The fourth-order valence-corrected chi connectivity index (χ4v) is 0.957. The summed E-state index contributed by atoms with van der Waals surface area (Å²) in [5.41, 5.74) is 1.07. The zero-order valence-corrected chi connectivity index (χ0v) is 8.19. The summed E-state index contributed by atoms with van der Waals surface area (Å²) in [6, 6.07) is 6.42. The first kappa shape index (κ1) is 10.9. The van der Waals surface area contributed by atoms with Gasteiger partial charge >= 0.3 is 6.09 Å². The predicted octanol–water partition coefficient (Wildman–Crippen LogP) is 2.22. The van der Waals surface area contributed by atoms with Crippen molar-refractivity contribution < 1.29 is 14.3 Å². The zero-order valence-electron chi connectivity index (χ0n) is 8.19. The molecule has 0 bridgehead atoms. The summed E-state index contributed by atoms with van der Waals surface area (Å²) < 4.78 is 4.69. The van der Waals surface area contributed by atoms with Gasteiger partial charge in [-0.15, -0.1) is 0 Å². The highest BCUT2D eigenvalue weighted by molar-refractivity contribution is 5.84. The lowest BCUT2D eigenvalue weighted by molar-refractivity contribution is 0.168. The number of hydrogen-bond acceptors (Lipinski definition) is 4. The minimum atomic E-state index is -0.510. The van der Waals surface area contributed by atoms with E-state index < -0.39 is 6.09 Å². The molecule has 0 heterocycles. The molecule has 1 aromatic carbocycles. The van der Waals surface area contributed by atoms with Gasteiger partial charge in [0, 0.05) is 5.69 Å². The summed E-state index contributed by atoms with van der Waals surface area (Å²) in [6.07, 6.45) is 0.917. The Hall–Kier alpha value is -2.13. The smallest absolute Gasteiger partial charge is 0.411 e. The molecule has 78 valence electrons. The average molecular weight is 206 g/mol. The molecule has 15 heavy (non-hydrogen) atoms. The molecular weight excluding hydrogens is 196 g/mol. The van der Waals surface area contributed by atoms with Crippen molar-refractivity contribution in [2.45, 2.75) is 6.92 Å². The molecule has 0 aliphatic rings. The Balaban J connectivity index is 2.64. The summed E-state index contributed by atoms with van der Waals surface area (Å²) >= 11 is 0. The van der Waals surface area contributed by atoms with Crippen LogP contribution in [0.4, 0.5) is 16.2 Å². The molecule has 0 saturated carbocycles. The third-order valence-corrected chi connectivity index (χ3v) is 1.56. The van der Waals surface area contributed by atoms with Crippen LogP contribution in [-0.4, -0.2) is 18.8 Å². The summed E-state index contributed by atoms with van der Waals surface area (Å²) in [7, 11) is 0. The molecule has 0 aliphatic heterocycles. The maximum Gasteiger partial charge on any atom is 0.411 e. The first-order valence-electron chi connectivity index (χ1n) is 4.38. The van der Waals surface area contributed by atoms with Gasteiger partial charge in [0.05, 0.1) is 12.3 Å². The lowest BCUT2D eigenvalue weighted by Gasteiger charge is -2.04. The minimum Gasteiger partial charge on any atom is -0.450 e. The largest absolute Gasteiger partial charge is 0.450 e. The number of carbonyl (C=O) groups is 1. The van der Waals surface area contributed by atoms with Crippen molar-refractivity contribution in [3.05, 3.63) is 24.3 Å². The molecule has 1 N–H and O–H groups in total. The van der Waals surface area contributed by atoms with E-state index in [1.807, 2.05) is 0 Å². The molecule has 0 spiro atoms. The van der Waals surface area contributed by atoms with Crippen LogP contribution in [0.2, 0.25) is 0 Å². The van der Waals surface area contributed by atoms with Crippen LogP contribution >= 0.6 is 0 Å². The molecule has 5 nitrogen and oxygen atoms in total. The molecule has 0 atom stereocenters. The number of nitrogens with zero attached hydrogens (tertiary/aromatic N) is 1. The van der Waals surface area contributed by atoms with Gasteiger partial charge in [-0.25, -0.2) is 9.59 Å². The number of amides is 1. The van der Waals surface area contributed by atoms with E-state index in [0.29, 0.717) is 18.0 Å². The Morgan fingerprint density at radius 3 is 2.67 bits per heavy atom. The lowest BCUT2D eigenvalue weighted by Crippen LogP contribution is -2.12. The first-order chi connectivity index (χ1) is 7.26. The third-order valence-electron chi connectivity index (χ3n) is 1.56. The molecule has 0 fully saturated rings. The number of rotatable bonds is 3. The number of aliphatic imine (C=N–C) groups is 1. The second-order valence-corrected chi connectivity index (χ2v) is 2.60. The number of nitrogens with one attached hydrogen (secondary N) is 1. The van der Waals surface area contributed by atoms with E-state index in [0.717, 1.165) is 0 Å². The number of hydrogen-bond donors (Lipinski definition) is 1. The van der Waals surface area contributed by atoms with Gasteiger partial charge in [0.2, 0.25) is 6.08 Å². The highest BCUT2D eigenvalue weighted by Gasteiger charge is 2.00.